The van der Waals surface area contributed by atoms with E-state index in [1.165, 1.54) is 35.6 Å². The van der Waals surface area contributed by atoms with E-state index in [9.17, 15) is 13.6 Å². The van der Waals surface area contributed by atoms with Crippen molar-refractivity contribution in [1.82, 2.24) is 5.32 Å². The molecule has 3 aromatic rings. The molecule has 0 saturated carbocycles. The van der Waals surface area contributed by atoms with Gasteiger partial charge < -0.3 is 5.32 Å². The minimum Gasteiger partial charge on any atom is -0.345 e. The van der Waals surface area contributed by atoms with Gasteiger partial charge in [-0.25, -0.2) is 8.78 Å². The second-order valence-corrected chi connectivity index (χ2v) is 6.12. The SMILES string of the molecule is C[C@@H](NC(=O)c1cc2cc(F)ccc2s1)c1ccc(F)cc1. The quantitative estimate of drug-likeness (QED) is 0.747. The van der Waals surface area contributed by atoms with Gasteiger partial charge in [0.2, 0.25) is 0 Å². The Hall–Kier alpha value is -2.27. The van der Waals surface area contributed by atoms with E-state index in [0.717, 1.165) is 10.3 Å². The summed E-state index contributed by atoms with van der Waals surface area (Å²) in [6.07, 6.45) is 0. The van der Waals surface area contributed by atoms with Gasteiger partial charge in [0, 0.05) is 4.70 Å². The van der Waals surface area contributed by atoms with Gasteiger partial charge in [-0.05, 0) is 54.3 Å². The summed E-state index contributed by atoms with van der Waals surface area (Å²) >= 11 is 1.32. The summed E-state index contributed by atoms with van der Waals surface area (Å²) in [5, 5.41) is 3.58. The third-order valence-electron chi connectivity index (χ3n) is 3.42. The molecule has 0 radical (unpaired) electrons. The topological polar surface area (TPSA) is 29.1 Å². The van der Waals surface area contributed by atoms with Crippen LogP contribution in [0.5, 0.6) is 0 Å². The smallest absolute Gasteiger partial charge is 0.261 e. The largest absolute Gasteiger partial charge is 0.345 e. The van der Waals surface area contributed by atoms with Gasteiger partial charge in [0.15, 0.2) is 0 Å². The summed E-state index contributed by atoms with van der Waals surface area (Å²) in [6.45, 7) is 1.83. The highest BCUT2D eigenvalue weighted by Crippen LogP contribution is 2.26. The fraction of sp³-hybridized carbons (Fsp3) is 0.118. The van der Waals surface area contributed by atoms with Crippen LogP contribution in [0.2, 0.25) is 0 Å². The molecule has 0 unspecified atom stereocenters. The number of rotatable bonds is 3. The van der Waals surface area contributed by atoms with Gasteiger partial charge in [0.05, 0.1) is 10.9 Å². The molecule has 5 heteroatoms. The third-order valence-corrected chi connectivity index (χ3v) is 4.53. The molecule has 0 aliphatic heterocycles. The fourth-order valence-corrected chi connectivity index (χ4v) is 3.17. The zero-order valence-corrected chi connectivity index (χ0v) is 12.6. The van der Waals surface area contributed by atoms with Crippen molar-refractivity contribution in [3.05, 3.63) is 70.6 Å². The summed E-state index contributed by atoms with van der Waals surface area (Å²) in [7, 11) is 0. The maximum Gasteiger partial charge on any atom is 0.261 e. The van der Waals surface area contributed by atoms with Crippen LogP contribution in [0.15, 0.2) is 48.5 Å². The average Bonchev–Trinajstić information content (AvgIpc) is 2.91. The third kappa shape index (κ3) is 2.99. The number of nitrogens with one attached hydrogen (secondary N) is 1. The monoisotopic (exact) mass is 317 g/mol. The Morgan fingerprint density at radius 2 is 1.73 bits per heavy atom. The lowest BCUT2D eigenvalue weighted by Gasteiger charge is -2.13. The van der Waals surface area contributed by atoms with E-state index >= 15 is 0 Å². The van der Waals surface area contributed by atoms with E-state index in [2.05, 4.69) is 5.32 Å². The Morgan fingerprint density at radius 1 is 1.05 bits per heavy atom. The lowest BCUT2D eigenvalue weighted by atomic mass is 10.1. The van der Waals surface area contributed by atoms with E-state index in [1.807, 2.05) is 6.92 Å². The normalized spacial score (nSPS) is 12.3. The Kier molecular flexibility index (Phi) is 3.90. The number of carbonyl (C=O) groups excluding carboxylic acids is 1. The molecule has 2 nitrogen and oxygen atoms in total. The van der Waals surface area contributed by atoms with Crippen molar-refractivity contribution in [2.75, 3.05) is 0 Å². The zero-order chi connectivity index (χ0) is 15.7. The highest BCUT2D eigenvalue weighted by atomic mass is 32.1. The summed E-state index contributed by atoms with van der Waals surface area (Å²) in [4.78, 5) is 12.8. The van der Waals surface area contributed by atoms with Crippen molar-refractivity contribution >= 4 is 27.3 Å². The van der Waals surface area contributed by atoms with Gasteiger partial charge in [0.25, 0.3) is 5.91 Å². The van der Waals surface area contributed by atoms with Gasteiger partial charge in [-0.2, -0.15) is 0 Å². The second-order valence-electron chi connectivity index (χ2n) is 5.04. The molecule has 0 aliphatic rings. The summed E-state index contributed by atoms with van der Waals surface area (Å²) in [5.41, 5.74) is 0.821. The lowest BCUT2D eigenvalue weighted by molar-refractivity contribution is 0.0944. The molecule has 22 heavy (non-hydrogen) atoms. The van der Waals surface area contributed by atoms with Crippen molar-refractivity contribution in [2.45, 2.75) is 13.0 Å². The second kappa shape index (κ2) is 5.85. The van der Waals surface area contributed by atoms with Crippen LogP contribution in [0.4, 0.5) is 8.78 Å². The van der Waals surface area contributed by atoms with E-state index < -0.39 is 0 Å². The molecule has 0 aliphatic carbocycles. The standard InChI is InChI=1S/C17H13F2NOS/c1-10(11-2-4-13(18)5-3-11)20-17(21)16-9-12-8-14(19)6-7-15(12)22-16/h2-10H,1H3,(H,20,21)/t10-/m1/s1. The molecule has 3 rings (SSSR count). The van der Waals surface area contributed by atoms with Gasteiger partial charge in [-0.1, -0.05) is 12.1 Å². The number of hydrogen-bond acceptors (Lipinski definition) is 2. The zero-order valence-electron chi connectivity index (χ0n) is 11.8. The van der Waals surface area contributed by atoms with Crippen LogP contribution in [0.1, 0.15) is 28.2 Å². The molecule has 2 aromatic carbocycles. The minimum absolute atomic E-state index is 0.224. The molecule has 1 amide bonds. The summed E-state index contributed by atoms with van der Waals surface area (Å²) in [5.74, 6) is -0.857. The average molecular weight is 317 g/mol. The number of halogens is 2. The van der Waals surface area contributed by atoms with Crippen molar-refractivity contribution < 1.29 is 13.6 Å². The predicted molar refractivity (Wildman–Crippen MR) is 84.1 cm³/mol. The molecule has 0 spiro atoms. The Labute approximate surface area is 130 Å². The molecule has 0 bridgehead atoms. The molecular weight excluding hydrogens is 304 g/mol. The lowest BCUT2D eigenvalue weighted by Crippen LogP contribution is -2.25. The highest BCUT2D eigenvalue weighted by molar-refractivity contribution is 7.20. The Bertz CT molecular complexity index is 826. The molecule has 1 atom stereocenters. The van der Waals surface area contributed by atoms with Crippen LogP contribution in [-0.2, 0) is 0 Å². The molecular formula is C17H13F2NOS. The number of hydrogen-bond donors (Lipinski definition) is 1. The van der Waals surface area contributed by atoms with Gasteiger partial charge in [-0.15, -0.1) is 11.3 Å². The maximum atomic E-state index is 13.2. The summed E-state index contributed by atoms with van der Waals surface area (Å²) in [6, 6.07) is 11.9. The number of amides is 1. The molecule has 1 heterocycles. The van der Waals surface area contributed by atoms with Gasteiger partial charge in [0.1, 0.15) is 11.6 Å². The molecule has 1 aromatic heterocycles. The first kappa shape index (κ1) is 14.7. The fourth-order valence-electron chi connectivity index (χ4n) is 2.23. The number of benzene rings is 2. The summed E-state index contributed by atoms with van der Waals surface area (Å²) < 4.78 is 27.0. The number of thiophene rings is 1. The van der Waals surface area contributed by atoms with E-state index in [-0.39, 0.29) is 23.6 Å². The van der Waals surface area contributed by atoms with Crippen LogP contribution in [-0.4, -0.2) is 5.91 Å². The van der Waals surface area contributed by atoms with Crippen molar-refractivity contribution in [1.29, 1.82) is 0 Å². The highest BCUT2D eigenvalue weighted by Gasteiger charge is 2.14. The first-order valence-corrected chi connectivity index (χ1v) is 7.60. The Balaban J connectivity index is 1.79. The van der Waals surface area contributed by atoms with Gasteiger partial charge >= 0.3 is 0 Å². The first-order chi connectivity index (χ1) is 10.5. The molecule has 112 valence electrons. The van der Waals surface area contributed by atoms with Gasteiger partial charge in [-0.3, -0.25) is 4.79 Å². The van der Waals surface area contributed by atoms with E-state index in [1.54, 1.807) is 24.3 Å². The maximum absolute atomic E-state index is 13.2. The van der Waals surface area contributed by atoms with Crippen molar-refractivity contribution in [3.63, 3.8) is 0 Å². The molecule has 0 fully saturated rings. The van der Waals surface area contributed by atoms with E-state index in [4.69, 9.17) is 0 Å². The number of fused-ring (bicyclic) bond motifs is 1. The predicted octanol–water partition coefficient (Wildman–Crippen LogP) is 4.67. The number of carbonyl (C=O) groups is 1. The molecule has 0 saturated heterocycles. The molecule has 1 N–H and O–H groups in total. The van der Waals surface area contributed by atoms with Crippen LogP contribution < -0.4 is 5.32 Å². The van der Waals surface area contributed by atoms with Crippen LogP contribution >= 0.6 is 11.3 Å². The van der Waals surface area contributed by atoms with Crippen LogP contribution in [0, 0.1) is 11.6 Å². The van der Waals surface area contributed by atoms with Crippen LogP contribution in [0.3, 0.4) is 0 Å². The minimum atomic E-state index is -0.322. The Morgan fingerprint density at radius 3 is 2.45 bits per heavy atom. The van der Waals surface area contributed by atoms with Crippen molar-refractivity contribution in [3.8, 4) is 0 Å². The van der Waals surface area contributed by atoms with Crippen molar-refractivity contribution in [2.24, 2.45) is 0 Å². The van der Waals surface area contributed by atoms with E-state index in [0.29, 0.717) is 10.3 Å². The first-order valence-electron chi connectivity index (χ1n) is 6.78. The van der Waals surface area contributed by atoms with Crippen LogP contribution in [0.25, 0.3) is 10.1 Å².